The van der Waals surface area contributed by atoms with Crippen molar-refractivity contribution in [2.75, 3.05) is 5.32 Å². The number of halogens is 4. The molecule has 0 radical (unpaired) electrons. The quantitative estimate of drug-likeness (QED) is 0.450. The number of nitrogens with zero attached hydrogens (tertiary/aromatic N) is 5. The van der Waals surface area contributed by atoms with Gasteiger partial charge in [-0.2, -0.15) is 13.2 Å². The molecule has 33 heavy (non-hydrogen) atoms. The number of hydrogen-bond donors (Lipinski definition) is 1. The lowest BCUT2D eigenvalue weighted by molar-refractivity contribution is -0.140. The van der Waals surface area contributed by atoms with Gasteiger partial charge in [-0.1, -0.05) is 6.07 Å². The third-order valence-corrected chi connectivity index (χ3v) is 5.59. The number of aromatic nitrogens is 5. The molecule has 0 saturated heterocycles. The normalized spacial score (nSPS) is 11.8. The van der Waals surface area contributed by atoms with E-state index in [2.05, 4.69) is 15.3 Å². The molecule has 3 heterocycles. The highest BCUT2D eigenvalue weighted by molar-refractivity contribution is 7.14. The fraction of sp³-hybridized carbons (Fsp3) is 0.211. The van der Waals surface area contributed by atoms with Crippen molar-refractivity contribution in [2.24, 2.45) is 14.1 Å². The molecule has 0 fully saturated rings. The molecule has 1 N–H and O–H groups in total. The number of benzene rings is 1. The van der Waals surface area contributed by atoms with Crippen LogP contribution < -0.4 is 16.7 Å². The third kappa shape index (κ3) is 4.04. The fourth-order valence-corrected chi connectivity index (χ4v) is 3.92. The molecule has 14 heteroatoms. The van der Waals surface area contributed by atoms with Crippen LogP contribution in [-0.4, -0.2) is 29.4 Å². The number of carbonyl (C=O) groups excluding carboxylic acids is 1. The molecule has 0 unspecified atom stereocenters. The van der Waals surface area contributed by atoms with Gasteiger partial charge in [0.25, 0.3) is 0 Å². The summed E-state index contributed by atoms with van der Waals surface area (Å²) in [6, 6.07) is 2.44. The zero-order valence-electron chi connectivity index (χ0n) is 17.0. The summed E-state index contributed by atoms with van der Waals surface area (Å²) >= 11 is 0.993. The standard InChI is InChI=1S/C19H14F4N6O3S/c1-27-16-24-7-10(29(16)18(32)28(2)17(27)31)6-14(30)26-15-25-13(8-33-15)9-3-4-11(12(20)5-9)19(21,22)23/h3-5,7-8H,6H2,1-2H3,(H,25,26,30). The molecule has 0 aliphatic rings. The van der Waals surface area contributed by atoms with Crippen LogP contribution in [0.25, 0.3) is 17.0 Å². The van der Waals surface area contributed by atoms with Crippen molar-refractivity contribution >= 4 is 28.2 Å². The number of nitrogens with one attached hydrogen (secondary N) is 1. The van der Waals surface area contributed by atoms with Crippen molar-refractivity contribution in [3.05, 3.63) is 67.8 Å². The minimum atomic E-state index is -4.81. The van der Waals surface area contributed by atoms with Crippen LogP contribution in [0.2, 0.25) is 0 Å². The lowest BCUT2D eigenvalue weighted by atomic mass is 10.1. The number of imidazole rings is 1. The number of aryl methyl sites for hydroxylation is 1. The fourth-order valence-electron chi connectivity index (χ4n) is 3.18. The Kier molecular flexibility index (Phi) is 5.40. The number of anilines is 1. The highest BCUT2D eigenvalue weighted by Crippen LogP contribution is 2.34. The van der Waals surface area contributed by atoms with E-state index in [4.69, 9.17) is 0 Å². The van der Waals surface area contributed by atoms with Gasteiger partial charge in [-0.3, -0.25) is 9.36 Å². The molecule has 1 amide bonds. The smallest absolute Gasteiger partial charge is 0.302 e. The summed E-state index contributed by atoms with van der Waals surface area (Å²) in [5, 5.41) is 4.11. The number of rotatable bonds is 4. The molecule has 1 aromatic carbocycles. The maximum absolute atomic E-state index is 13.8. The predicted molar refractivity (Wildman–Crippen MR) is 111 cm³/mol. The van der Waals surface area contributed by atoms with Crippen molar-refractivity contribution in [1.82, 2.24) is 23.5 Å². The lowest BCUT2D eigenvalue weighted by Gasteiger charge is -2.08. The summed E-state index contributed by atoms with van der Waals surface area (Å²) in [6.07, 6.45) is -3.78. The van der Waals surface area contributed by atoms with Gasteiger partial charge in [-0.25, -0.2) is 32.9 Å². The molecule has 0 aliphatic heterocycles. The summed E-state index contributed by atoms with van der Waals surface area (Å²) < 4.78 is 55.2. The number of alkyl halides is 3. The molecular formula is C19H14F4N6O3S. The molecule has 0 aliphatic carbocycles. The monoisotopic (exact) mass is 482 g/mol. The van der Waals surface area contributed by atoms with E-state index in [-0.39, 0.29) is 34.3 Å². The van der Waals surface area contributed by atoms with Crippen LogP contribution in [0.4, 0.5) is 22.7 Å². The summed E-state index contributed by atoms with van der Waals surface area (Å²) in [4.78, 5) is 45.0. The molecule has 4 aromatic rings. The van der Waals surface area contributed by atoms with E-state index >= 15 is 0 Å². The van der Waals surface area contributed by atoms with E-state index < -0.39 is 34.8 Å². The number of fused-ring (bicyclic) bond motifs is 1. The van der Waals surface area contributed by atoms with Gasteiger partial charge in [-0.05, 0) is 12.1 Å². The molecule has 0 atom stereocenters. The molecule has 0 bridgehead atoms. The Hall–Kier alpha value is -3.81. The first-order valence-corrected chi connectivity index (χ1v) is 10.1. The van der Waals surface area contributed by atoms with E-state index in [1.165, 1.54) is 30.2 Å². The van der Waals surface area contributed by atoms with E-state index in [1.807, 2.05) is 0 Å². The molecule has 172 valence electrons. The molecular weight excluding hydrogens is 468 g/mol. The average Bonchev–Trinajstić information content (AvgIpc) is 3.37. The highest BCUT2D eigenvalue weighted by Gasteiger charge is 2.34. The van der Waals surface area contributed by atoms with Crippen LogP contribution in [0.3, 0.4) is 0 Å². The molecule has 0 spiro atoms. The molecule has 4 rings (SSSR count). The Balaban J connectivity index is 1.54. The SMILES string of the molecule is Cn1c(=O)n(C)c2ncc(CC(=O)Nc3nc(-c4ccc(C(F)(F)F)c(F)c4)cs3)n2c1=O. The first kappa shape index (κ1) is 22.4. The van der Waals surface area contributed by atoms with E-state index in [0.29, 0.717) is 6.07 Å². The van der Waals surface area contributed by atoms with E-state index in [9.17, 15) is 31.9 Å². The van der Waals surface area contributed by atoms with Crippen LogP contribution in [-0.2, 0) is 31.5 Å². The van der Waals surface area contributed by atoms with Crippen molar-refractivity contribution in [3.63, 3.8) is 0 Å². The Morgan fingerprint density at radius 1 is 1.15 bits per heavy atom. The first-order valence-electron chi connectivity index (χ1n) is 9.22. The number of thiazole rings is 1. The van der Waals surface area contributed by atoms with Crippen LogP contribution in [0.15, 0.2) is 39.4 Å². The van der Waals surface area contributed by atoms with Crippen molar-refractivity contribution < 1.29 is 22.4 Å². The zero-order valence-corrected chi connectivity index (χ0v) is 17.8. The summed E-state index contributed by atoms with van der Waals surface area (Å²) in [6.45, 7) is 0. The van der Waals surface area contributed by atoms with E-state index in [1.54, 1.807) is 0 Å². The van der Waals surface area contributed by atoms with Gasteiger partial charge in [0, 0.05) is 25.0 Å². The second-order valence-corrected chi connectivity index (χ2v) is 7.88. The van der Waals surface area contributed by atoms with Crippen LogP contribution >= 0.6 is 11.3 Å². The van der Waals surface area contributed by atoms with Gasteiger partial charge in [0.05, 0.1) is 29.6 Å². The summed E-state index contributed by atoms with van der Waals surface area (Å²) in [7, 11) is 2.74. The molecule has 3 aromatic heterocycles. The van der Waals surface area contributed by atoms with Crippen LogP contribution in [0.5, 0.6) is 0 Å². The van der Waals surface area contributed by atoms with Crippen molar-refractivity contribution in [1.29, 1.82) is 0 Å². The van der Waals surface area contributed by atoms with Crippen molar-refractivity contribution in [2.45, 2.75) is 12.6 Å². The summed E-state index contributed by atoms with van der Waals surface area (Å²) in [5.74, 6) is -1.90. The number of amides is 1. The third-order valence-electron chi connectivity index (χ3n) is 4.83. The topological polar surface area (TPSA) is 103 Å². The van der Waals surface area contributed by atoms with Gasteiger partial charge in [0.1, 0.15) is 5.82 Å². The van der Waals surface area contributed by atoms with Crippen molar-refractivity contribution in [3.8, 4) is 11.3 Å². The summed E-state index contributed by atoms with van der Waals surface area (Å²) in [5.41, 5.74) is -2.07. The second-order valence-electron chi connectivity index (χ2n) is 7.02. The number of carbonyl (C=O) groups is 1. The van der Waals surface area contributed by atoms with Gasteiger partial charge in [-0.15, -0.1) is 11.3 Å². The van der Waals surface area contributed by atoms with Crippen LogP contribution in [0, 0.1) is 5.82 Å². The average molecular weight is 482 g/mol. The Labute approximate surface area is 185 Å². The largest absolute Gasteiger partial charge is 0.419 e. The second kappa shape index (κ2) is 7.95. The minimum absolute atomic E-state index is 0.0757. The number of hydrogen-bond acceptors (Lipinski definition) is 6. The van der Waals surface area contributed by atoms with Gasteiger partial charge < -0.3 is 5.32 Å². The first-order chi connectivity index (χ1) is 15.5. The predicted octanol–water partition coefficient (Wildman–Crippen LogP) is 2.19. The van der Waals surface area contributed by atoms with Gasteiger partial charge in [0.15, 0.2) is 5.13 Å². The lowest BCUT2D eigenvalue weighted by Crippen LogP contribution is -2.41. The van der Waals surface area contributed by atoms with Gasteiger partial charge in [0.2, 0.25) is 11.7 Å². The molecule has 9 nitrogen and oxygen atoms in total. The molecule has 0 saturated carbocycles. The minimum Gasteiger partial charge on any atom is -0.302 e. The van der Waals surface area contributed by atoms with Crippen LogP contribution in [0.1, 0.15) is 11.3 Å². The van der Waals surface area contributed by atoms with E-state index in [0.717, 1.165) is 32.4 Å². The Morgan fingerprint density at radius 3 is 2.55 bits per heavy atom. The van der Waals surface area contributed by atoms with Gasteiger partial charge >= 0.3 is 17.6 Å². The Bertz CT molecular complexity index is 1510. The maximum Gasteiger partial charge on any atom is 0.419 e. The maximum atomic E-state index is 13.8. The Morgan fingerprint density at radius 2 is 1.88 bits per heavy atom. The zero-order chi connectivity index (χ0) is 24.1. The highest BCUT2D eigenvalue weighted by atomic mass is 32.1.